The average Bonchev–Trinajstić information content (AvgIpc) is 3.38. The zero-order valence-electron chi connectivity index (χ0n) is 17.8. The van der Waals surface area contributed by atoms with Crippen LogP contribution in [-0.4, -0.2) is 39.6 Å². The first-order chi connectivity index (χ1) is 15.7. The number of aromatic nitrogens is 4. The van der Waals surface area contributed by atoms with E-state index in [9.17, 15) is 0 Å². The van der Waals surface area contributed by atoms with Crippen molar-refractivity contribution in [2.75, 3.05) is 19.0 Å². The van der Waals surface area contributed by atoms with Crippen LogP contribution in [0.15, 0.2) is 61.1 Å². The van der Waals surface area contributed by atoms with E-state index in [1.807, 2.05) is 42.5 Å². The van der Waals surface area contributed by atoms with Gasteiger partial charge in [0.05, 0.1) is 42.1 Å². The van der Waals surface area contributed by atoms with Gasteiger partial charge in [-0.2, -0.15) is 0 Å². The van der Waals surface area contributed by atoms with E-state index in [-0.39, 0.29) is 12.1 Å². The molecule has 4 aromatic rings. The van der Waals surface area contributed by atoms with Crippen LogP contribution in [0.1, 0.15) is 24.6 Å². The lowest BCUT2D eigenvalue weighted by Crippen LogP contribution is -2.35. The number of rotatable bonds is 6. The van der Waals surface area contributed by atoms with Gasteiger partial charge in [0.25, 0.3) is 0 Å². The lowest BCUT2D eigenvalue weighted by molar-refractivity contribution is 0.416. The van der Waals surface area contributed by atoms with Crippen LogP contribution in [-0.2, 0) is 0 Å². The number of hydrogen-bond donors (Lipinski definition) is 3. The molecule has 1 aromatic carbocycles. The molecule has 0 bridgehead atoms. The molecule has 0 saturated carbocycles. The van der Waals surface area contributed by atoms with Gasteiger partial charge in [-0.1, -0.05) is 18.2 Å². The molecule has 3 aromatic heterocycles. The molecule has 1 aliphatic rings. The van der Waals surface area contributed by atoms with E-state index in [2.05, 4.69) is 20.6 Å². The third kappa shape index (κ3) is 3.98. The average molecular weight is 428 g/mol. The fraction of sp³-hybridized carbons (Fsp3) is 0.250. The normalized spacial score (nSPS) is 16.8. The Morgan fingerprint density at radius 3 is 2.81 bits per heavy atom. The van der Waals surface area contributed by atoms with Gasteiger partial charge in [0, 0.05) is 23.5 Å². The molecular formula is C24H25N7O. The van der Waals surface area contributed by atoms with Crippen molar-refractivity contribution >= 4 is 22.4 Å². The van der Waals surface area contributed by atoms with Crippen LogP contribution in [0.4, 0.5) is 11.5 Å². The number of para-hydroxylation sites is 1. The first kappa shape index (κ1) is 20.3. The van der Waals surface area contributed by atoms with Gasteiger partial charge in [0.2, 0.25) is 0 Å². The van der Waals surface area contributed by atoms with Crippen LogP contribution in [0.2, 0.25) is 0 Å². The van der Waals surface area contributed by atoms with Crippen molar-refractivity contribution in [3.63, 3.8) is 0 Å². The van der Waals surface area contributed by atoms with Crippen molar-refractivity contribution < 1.29 is 4.74 Å². The minimum Gasteiger partial charge on any atom is -0.494 e. The van der Waals surface area contributed by atoms with E-state index in [4.69, 9.17) is 20.4 Å². The SMILES string of the molecule is COc1cncc2nc(-c3ccnc(Nc4ccccc4)c3)nc(C(N)[C@@H]3CCCN3)c12. The van der Waals surface area contributed by atoms with E-state index in [1.165, 1.54) is 0 Å². The van der Waals surface area contributed by atoms with Gasteiger partial charge in [-0.15, -0.1) is 0 Å². The second kappa shape index (κ2) is 8.86. The largest absolute Gasteiger partial charge is 0.494 e. The molecule has 32 heavy (non-hydrogen) atoms. The molecule has 1 fully saturated rings. The Morgan fingerprint density at radius 1 is 1.16 bits per heavy atom. The summed E-state index contributed by atoms with van der Waals surface area (Å²) >= 11 is 0. The highest BCUT2D eigenvalue weighted by Gasteiger charge is 2.27. The first-order valence-corrected chi connectivity index (χ1v) is 10.7. The summed E-state index contributed by atoms with van der Waals surface area (Å²) in [4.78, 5) is 18.4. The maximum Gasteiger partial charge on any atom is 0.160 e. The number of benzene rings is 1. The van der Waals surface area contributed by atoms with Gasteiger partial charge in [-0.3, -0.25) is 4.98 Å². The van der Waals surface area contributed by atoms with Gasteiger partial charge in [0.15, 0.2) is 5.82 Å². The van der Waals surface area contributed by atoms with Crippen LogP contribution in [0.3, 0.4) is 0 Å². The summed E-state index contributed by atoms with van der Waals surface area (Å²) in [7, 11) is 1.62. The number of fused-ring (bicyclic) bond motifs is 1. The van der Waals surface area contributed by atoms with Crippen LogP contribution in [0.25, 0.3) is 22.3 Å². The number of hydrogen-bond acceptors (Lipinski definition) is 8. The van der Waals surface area contributed by atoms with Crippen molar-refractivity contribution in [1.82, 2.24) is 25.3 Å². The number of ether oxygens (including phenoxy) is 1. The summed E-state index contributed by atoms with van der Waals surface area (Å²) in [6, 6.07) is 13.6. The van der Waals surface area contributed by atoms with Gasteiger partial charge in [-0.25, -0.2) is 15.0 Å². The molecule has 1 saturated heterocycles. The highest BCUT2D eigenvalue weighted by atomic mass is 16.5. The number of methoxy groups -OCH3 is 1. The summed E-state index contributed by atoms with van der Waals surface area (Å²) in [5.41, 5.74) is 9.98. The molecule has 1 unspecified atom stereocenters. The van der Waals surface area contributed by atoms with E-state index < -0.39 is 0 Å². The monoisotopic (exact) mass is 427 g/mol. The highest BCUT2D eigenvalue weighted by Crippen LogP contribution is 2.33. The molecule has 8 heteroatoms. The van der Waals surface area contributed by atoms with E-state index in [1.54, 1.807) is 25.7 Å². The Labute approximate surface area is 186 Å². The number of nitrogens with one attached hydrogen (secondary N) is 2. The quantitative estimate of drug-likeness (QED) is 0.428. The molecule has 5 rings (SSSR count). The van der Waals surface area contributed by atoms with E-state index >= 15 is 0 Å². The highest BCUT2D eigenvalue weighted by molar-refractivity contribution is 5.88. The minimum absolute atomic E-state index is 0.159. The van der Waals surface area contributed by atoms with Crippen molar-refractivity contribution in [1.29, 1.82) is 0 Å². The second-order valence-corrected chi connectivity index (χ2v) is 7.82. The van der Waals surface area contributed by atoms with E-state index in [0.717, 1.165) is 41.7 Å². The zero-order valence-corrected chi connectivity index (χ0v) is 17.8. The minimum atomic E-state index is -0.290. The van der Waals surface area contributed by atoms with Crippen molar-refractivity contribution in [3.8, 4) is 17.1 Å². The molecule has 162 valence electrons. The second-order valence-electron chi connectivity index (χ2n) is 7.82. The lowest BCUT2D eigenvalue weighted by Gasteiger charge is -2.21. The topological polar surface area (TPSA) is 111 Å². The van der Waals surface area contributed by atoms with Gasteiger partial charge >= 0.3 is 0 Å². The summed E-state index contributed by atoms with van der Waals surface area (Å²) in [6.07, 6.45) is 7.27. The molecule has 2 atom stereocenters. The smallest absolute Gasteiger partial charge is 0.160 e. The van der Waals surface area contributed by atoms with Crippen LogP contribution in [0, 0.1) is 0 Å². The number of nitrogens with two attached hydrogens (primary N) is 1. The first-order valence-electron chi connectivity index (χ1n) is 10.7. The summed E-state index contributed by atoms with van der Waals surface area (Å²) in [6.45, 7) is 0.964. The van der Waals surface area contributed by atoms with Gasteiger partial charge < -0.3 is 21.1 Å². The maximum atomic E-state index is 6.72. The van der Waals surface area contributed by atoms with Crippen molar-refractivity contribution in [2.24, 2.45) is 5.73 Å². The molecular weight excluding hydrogens is 402 g/mol. The molecule has 4 heterocycles. The van der Waals surface area contributed by atoms with Crippen LogP contribution < -0.4 is 21.1 Å². The summed E-state index contributed by atoms with van der Waals surface area (Å²) in [5.74, 6) is 1.91. The van der Waals surface area contributed by atoms with Crippen LogP contribution in [0.5, 0.6) is 5.75 Å². The van der Waals surface area contributed by atoms with Gasteiger partial charge in [0.1, 0.15) is 11.6 Å². The Bertz CT molecular complexity index is 1230. The standard InChI is InChI=1S/C24H25N7O/c1-32-19-14-26-13-18-21(19)23(22(25)17-8-5-10-27-17)31-24(30-18)15-9-11-28-20(12-15)29-16-6-3-2-4-7-16/h2-4,6-7,9,11-14,17,22,27H,5,8,10,25H2,1H3,(H,28,29)/t17-,22?/m0/s1. The van der Waals surface area contributed by atoms with E-state index in [0.29, 0.717) is 22.9 Å². The number of pyridine rings is 2. The molecule has 0 aliphatic carbocycles. The number of anilines is 2. The third-order valence-corrected chi connectivity index (χ3v) is 5.73. The maximum absolute atomic E-state index is 6.72. The Hall–Kier alpha value is -3.62. The molecule has 0 radical (unpaired) electrons. The number of nitrogens with zero attached hydrogens (tertiary/aromatic N) is 4. The Balaban J connectivity index is 1.59. The lowest BCUT2D eigenvalue weighted by atomic mass is 10.00. The third-order valence-electron chi connectivity index (χ3n) is 5.73. The molecule has 0 spiro atoms. The van der Waals surface area contributed by atoms with Crippen molar-refractivity contribution in [3.05, 3.63) is 66.7 Å². The molecule has 1 aliphatic heterocycles. The fourth-order valence-electron chi connectivity index (χ4n) is 4.12. The molecule has 0 amide bonds. The predicted molar refractivity (Wildman–Crippen MR) is 125 cm³/mol. The van der Waals surface area contributed by atoms with Crippen molar-refractivity contribution in [2.45, 2.75) is 24.9 Å². The zero-order chi connectivity index (χ0) is 21.9. The predicted octanol–water partition coefficient (Wildman–Crippen LogP) is 3.59. The Kier molecular flexibility index (Phi) is 5.62. The summed E-state index contributed by atoms with van der Waals surface area (Å²) in [5, 5.41) is 7.62. The molecule has 4 N–H and O–H groups in total. The Morgan fingerprint density at radius 2 is 2.03 bits per heavy atom. The fourth-order valence-corrected chi connectivity index (χ4v) is 4.12. The van der Waals surface area contributed by atoms with Crippen LogP contribution >= 0.6 is 0 Å². The van der Waals surface area contributed by atoms with Gasteiger partial charge in [-0.05, 0) is 43.7 Å². The summed E-state index contributed by atoms with van der Waals surface area (Å²) < 4.78 is 5.57. The molecule has 8 nitrogen and oxygen atoms in total.